The van der Waals surface area contributed by atoms with Crippen LogP contribution in [-0.2, 0) is 4.74 Å². The summed E-state index contributed by atoms with van der Waals surface area (Å²) in [6.07, 6.45) is 3.35. The van der Waals surface area contributed by atoms with E-state index in [0.29, 0.717) is 5.23 Å². The highest BCUT2D eigenvalue weighted by Gasteiger charge is 1.87. The van der Waals surface area contributed by atoms with Gasteiger partial charge in [-0.15, -0.1) is 0 Å². The van der Waals surface area contributed by atoms with E-state index in [2.05, 4.69) is 11.6 Å². The van der Waals surface area contributed by atoms with Gasteiger partial charge in [-0.2, -0.15) is 0 Å². The molecule has 0 aromatic heterocycles. The van der Waals surface area contributed by atoms with Crippen LogP contribution in [0.3, 0.4) is 0 Å². The van der Waals surface area contributed by atoms with Crippen molar-refractivity contribution in [2.24, 2.45) is 4.99 Å². The van der Waals surface area contributed by atoms with Gasteiger partial charge >= 0.3 is 0 Å². The molecule has 3 heteroatoms. The lowest BCUT2D eigenvalue weighted by molar-refractivity contribution is 0.416. The molecular formula is C5H9NOS. The molecule has 0 aromatic rings. The standard InChI is InChI=1S/C5H9NOS/c1-4-6-5(7-2)8-3/h4H,1H2,2-3H3/b6-5+. The fourth-order valence-electron chi connectivity index (χ4n) is 0.263. The highest BCUT2D eigenvalue weighted by Crippen LogP contribution is 1.97. The van der Waals surface area contributed by atoms with Crippen LogP contribution in [0.15, 0.2) is 17.8 Å². The average Bonchev–Trinajstić information content (AvgIpc) is 1.83. The van der Waals surface area contributed by atoms with Gasteiger partial charge < -0.3 is 4.74 Å². The zero-order valence-electron chi connectivity index (χ0n) is 5.05. The normalized spacial score (nSPS) is 11.0. The maximum Gasteiger partial charge on any atom is 0.249 e. The van der Waals surface area contributed by atoms with Crippen molar-refractivity contribution in [3.63, 3.8) is 0 Å². The van der Waals surface area contributed by atoms with Crippen molar-refractivity contribution in [3.05, 3.63) is 12.8 Å². The molecule has 0 N–H and O–H groups in total. The number of aliphatic imine (C=N–C) groups is 1. The molecule has 8 heavy (non-hydrogen) atoms. The monoisotopic (exact) mass is 131 g/mol. The lowest BCUT2D eigenvalue weighted by Gasteiger charge is -1.95. The van der Waals surface area contributed by atoms with Gasteiger partial charge in [-0.1, -0.05) is 18.3 Å². The second-order valence-electron chi connectivity index (χ2n) is 0.986. The second kappa shape index (κ2) is 4.71. The zero-order valence-corrected chi connectivity index (χ0v) is 5.86. The number of methoxy groups -OCH3 is 1. The first-order chi connectivity index (χ1) is 3.85. The van der Waals surface area contributed by atoms with Crippen LogP contribution in [0, 0.1) is 0 Å². The van der Waals surface area contributed by atoms with E-state index in [1.54, 1.807) is 7.11 Å². The summed E-state index contributed by atoms with van der Waals surface area (Å²) >= 11 is 1.45. The van der Waals surface area contributed by atoms with Crippen LogP contribution in [0.4, 0.5) is 0 Å². The van der Waals surface area contributed by atoms with E-state index >= 15 is 0 Å². The molecule has 0 aliphatic rings. The van der Waals surface area contributed by atoms with Crippen molar-refractivity contribution in [1.29, 1.82) is 0 Å². The summed E-state index contributed by atoms with van der Waals surface area (Å²) in [5.41, 5.74) is 0. The molecule has 0 aliphatic heterocycles. The van der Waals surface area contributed by atoms with Gasteiger partial charge in [-0.25, -0.2) is 4.99 Å². The molecule has 0 spiro atoms. The average molecular weight is 131 g/mol. The minimum absolute atomic E-state index is 0.639. The minimum atomic E-state index is 0.639. The summed E-state index contributed by atoms with van der Waals surface area (Å²) in [7, 11) is 1.58. The van der Waals surface area contributed by atoms with Crippen molar-refractivity contribution < 1.29 is 4.74 Å². The van der Waals surface area contributed by atoms with E-state index in [4.69, 9.17) is 4.74 Å². The topological polar surface area (TPSA) is 21.6 Å². The van der Waals surface area contributed by atoms with Gasteiger partial charge in [0.2, 0.25) is 5.23 Å². The predicted octanol–water partition coefficient (Wildman–Crippen LogP) is 1.50. The van der Waals surface area contributed by atoms with E-state index in [1.165, 1.54) is 18.0 Å². The summed E-state index contributed by atoms with van der Waals surface area (Å²) in [5, 5.41) is 0.639. The van der Waals surface area contributed by atoms with E-state index in [0.717, 1.165) is 0 Å². The van der Waals surface area contributed by atoms with Crippen LogP contribution in [0.5, 0.6) is 0 Å². The fourth-order valence-corrected chi connectivity index (χ4v) is 0.610. The maximum atomic E-state index is 4.78. The first-order valence-corrected chi connectivity index (χ1v) is 3.34. The molecule has 0 bridgehead atoms. The smallest absolute Gasteiger partial charge is 0.249 e. The van der Waals surface area contributed by atoms with Crippen LogP contribution < -0.4 is 0 Å². The first kappa shape index (κ1) is 7.56. The molecule has 0 atom stereocenters. The van der Waals surface area contributed by atoms with Crippen molar-refractivity contribution >= 4 is 17.0 Å². The van der Waals surface area contributed by atoms with Crippen molar-refractivity contribution in [2.45, 2.75) is 0 Å². The number of rotatable bonds is 1. The quantitative estimate of drug-likeness (QED) is 0.397. The predicted molar refractivity (Wildman–Crippen MR) is 38.2 cm³/mol. The summed E-state index contributed by atoms with van der Waals surface area (Å²) < 4.78 is 4.78. The molecule has 0 heterocycles. The maximum absolute atomic E-state index is 4.78. The Morgan fingerprint density at radius 1 is 1.88 bits per heavy atom. The van der Waals surface area contributed by atoms with Gasteiger partial charge in [0.15, 0.2) is 0 Å². The largest absolute Gasteiger partial charge is 0.476 e. The Balaban J connectivity index is 3.66. The van der Waals surface area contributed by atoms with Gasteiger partial charge in [-0.05, 0) is 6.26 Å². The summed E-state index contributed by atoms with van der Waals surface area (Å²) in [6.45, 7) is 3.42. The van der Waals surface area contributed by atoms with E-state index in [1.807, 2.05) is 6.26 Å². The SMILES string of the molecule is C=C/N=C(\OC)SC. The van der Waals surface area contributed by atoms with E-state index < -0.39 is 0 Å². The van der Waals surface area contributed by atoms with Crippen molar-refractivity contribution in [1.82, 2.24) is 0 Å². The van der Waals surface area contributed by atoms with Crippen molar-refractivity contribution in [3.8, 4) is 0 Å². The van der Waals surface area contributed by atoms with Gasteiger partial charge in [0, 0.05) is 6.20 Å². The van der Waals surface area contributed by atoms with Gasteiger partial charge in [0.1, 0.15) is 0 Å². The third kappa shape index (κ3) is 2.69. The summed E-state index contributed by atoms with van der Waals surface area (Å²) in [4.78, 5) is 3.78. The molecule has 0 saturated heterocycles. The molecule has 2 nitrogen and oxygen atoms in total. The lowest BCUT2D eigenvalue weighted by atomic mass is 11.0. The number of ether oxygens (including phenoxy) is 1. The molecule has 0 fully saturated rings. The molecule has 0 aliphatic carbocycles. The first-order valence-electron chi connectivity index (χ1n) is 2.11. The van der Waals surface area contributed by atoms with Crippen LogP contribution in [0.2, 0.25) is 0 Å². The van der Waals surface area contributed by atoms with Gasteiger partial charge in [-0.3, -0.25) is 0 Å². The van der Waals surface area contributed by atoms with Crippen LogP contribution in [-0.4, -0.2) is 18.6 Å². The molecule has 46 valence electrons. The van der Waals surface area contributed by atoms with Gasteiger partial charge in [0.25, 0.3) is 0 Å². The number of hydrogen-bond acceptors (Lipinski definition) is 3. The third-order valence-corrected chi connectivity index (χ3v) is 1.17. The Hall–Kier alpha value is -0.440. The Morgan fingerprint density at radius 2 is 2.50 bits per heavy atom. The number of nitrogens with zero attached hydrogens (tertiary/aromatic N) is 1. The molecule has 0 aromatic carbocycles. The molecule has 0 saturated carbocycles. The molecule has 0 unspecified atom stereocenters. The summed E-state index contributed by atoms with van der Waals surface area (Å²) in [6, 6.07) is 0. The highest BCUT2D eigenvalue weighted by molar-refractivity contribution is 8.12. The second-order valence-corrected chi connectivity index (χ2v) is 1.74. The van der Waals surface area contributed by atoms with E-state index in [9.17, 15) is 0 Å². The van der Waals surface area contributed by atoms with Crippen LogP contribution in [0.1, 0.15) is 0 Å². The Labute approximate surface area is 53.6 Å². The molecule has 0 radical (unpaired) electrons. The molecule has 0 rings (SSSR count). The Morgan fingerprint density at radius 3 is 2.62 bits per heavy atom. The Bertz CT molecular complexity index is 94.6. The highest BCUT2D eigenvalue weighted by atomic mass is 32.2. The number of thioether (sulfide) groups is 1. The lowest BCUT2D eigenvalue weighted by Crippen LogP contribution is -1.91. The Kier molecular flexibility index (Phi) is 4.45. The zero-order chi connectivity index (χ0) is 6.41. The molecular weight excluding hydrogens is 122 g/mol. The van der Waals surface area contributed by atoms with Crippen molar-refractivity contribution in [2.75, 3.05) is 13.4 Å². The minimum Gasteiger partial charge on any atom is -0.476 e. The summed E-state index contributed by atoms with van der Waals surface area (Å²) in [5.74, 6) is 0. The number of hydrogen-bond donors (Lipinski definition) is 0. The molecule has 0 amide bonds. The van der Waals surface area contributed by atoms with Crippen LogP contribution >= 0.6 is 11.8 Å². The van der Waals surface area contributed by atoms with Gasteiger partial charge in [0.05, 0.1) is 7.11 Å². The third-order valence-electron chi connectivity index (χ3n) is 0.546. The van der Waals surface area contributed by atoms with Crippen LogP contribution in [0.25, 0.3) is 0 Å². The van der Waals surface area contributed by atoms with E-state index in [-0.39, 0.29) is 0 Å². The fraction of sp³-hybridized carbons (Fsp3) is 0.400.